The zero-order chi connectivity index (χ0) is 13.6. The van der Waals surface area contributed by atoms with E-state index in [1.807, 2.05) is 6.07 Å². The zero-order valence-corrected chi connectivity index (χ0v) is 12.2. The summed E-state index contributed by atoms with van der Waals surface area (Å²) in [6.07, 6.45) is 1.58. The van der Waals surface area contributed by atoms with Gasteiger partial charge in [0.2, 0.25) is 0 Å². The standard InChI is InChI=1S/C16H23NO2/c1-10-5-6-13(18-4)12(9-10)17-14-11-7-8-19-15(11)16(14,2)3/h5-6,9,11,14-15,17H,7-8H2,1-4H3. The van der Waals surface area contributed by atoms with Gasteiger partial charge in [0.05, 0.1) is 18.9 Å². The summed E-state index contributed by atoms with van der Waals surface area (Å²) in [6.45, 7) is 7.60. The molecule has 3 rings (SSSR count). The minimum absolute atomic E-state index is 0.190. The number of rotatable bonds is 3. The molecule has 0 aromatic heterocycles. The van der Waals surface area contributed by atoms with Gasteiger partial charge in [-0.2, -0.15) is 0 Å². The van der Waals surface area contributed by atoms with Gasteiger partial charge in [-0.15, -0.1) is 0 Å². The Bertz CT molecular complexity index is 484. The molecule has 1 aromatic rings. The van der Waals surface area contributed by atoms with E-state index in [0.717, 1.165) is 18.0 Å². The third-order valence-corrected chi connectivity index (χ3v) is 4.77. The van der Waals surface area contributed by atoms with Crippen molar-refractivity contribution in [2.24, 2.45) is 11.3 Å². The van der Waals surface area contributed by atoms with Gasteiger partial charge in [-0.05, 0) is 31.0 Å². The van der Waals surface area contributed by atoms with E-state index < -0.39 is 0 Å². The maximum atomic E-state index is 5.84. The number of fused-ring (bicyclic) bond motifs is 1. The number of nitrogens with one attached hydrogen (secondary N) is 1. The summed E-state index contributed by atoms with van der Waals surface area (Å²) < 4.78 is 11.3. The molecule has 3 nitrogen and oxygen atoms in total. The third kappa shape index (κ3) is 1.91. The van der Waals surface area contributed by atoms with Crippen LogP contribution >= 0.6 is 0 Å². The van der Waals surface area contributed by atoms with Gasteiger partial charge in [-0.1, -0.05) is 19.9 Å². The van der Waals surface area contributed by atoms with E-state index in [1.165, 1.54) is 12.0 Å². The summed E-state index contributed by atoms with van der Waals surface area (Å²) in [5.41, 5.74) is 2.54. The summed E-state index contributed by atoms with van der Waals surface area (Å²) in [6, 6.07) is 6.75. The number of hydrogen-bond donors (Lipinski definition) is 1. The number of benzene rings is 1. The van der Waals surface area contributed by atoms with Crippen LogP contribution in [0.25, 0.3) is 0 Å². The molecule has 0 amide bonds. The Labute approximate surface area is 115 Å². The molecule has 1 heterocycles. The molecule has 1 N–H and O–H groups in total. The van der Waals surface area contributed by atoms with Gasteiger partial charge in [-0.25, -0.2) is 0 Å². The van der Waals surface area contributed by atoms with Crippen molar-refractivity contribution in [3.8, 4) is 5.75 Å². The smallest absolute Gasteiger partial charge is 0.141 e. The maximum absolute atomic E-state index is 5.84. The average Bonchev–Trinajstić information content (AvgIpc) is 2.83. The van der Waals surface area contributed by atoms with E-state index in [-0.39, 0.29) is 5.41 Å². The van der Waals surface area contributed by atoms with Crippen LogP contribution in [-0.4, -0.2) is 25.9 Å². The SMILES string of the molecule is COc1ccc(C)cc1NC1C2CCOC2C1(C)C. The predicted molar refractivity (Wildman–Crippen MR) is 76.8 cm³/mol. The average molecular weight is 261 g/mol. The topological polar surface area (TPSA) is 30.5 Å². The van der Waals surface area contributed by atoms with Crippen molar-refractivity contribution in [2.45, 2.75) is 39.3 Å². The molecule has 1 aromatic carbocycles. The second kappa shape index (κ2) is 4.41. The van der Waals surface area contributed by atoms with Gasteiger partial charge in [0, 0.05) is 24.0 Å². The summed E-state index contributed by atoms with van der Waals surface area (Å²) in [7, 11) is 1.73. The van der Waals surface area contributed by atoms with Gasteiger partial charge >= 0.3 is 0 Å². The fraction of sp³-hybridized carbons (Fsp3) is 0.625. The summed E-state index contributed by atoms with van der Waals surface area (Å²) in [5, 5.41) is 3.70. The first-order chi connectivity index (χ1) is 9.04. The molecule has 19 heavy (non-hydrogen) atoms. The molecule has 1 aliphatic heterocycles. The van der Waals surface area contributed by atoms with Crippen LogP contribution in [0.15, 0.2) is 18.2 Å². The van der Waals surface area contributed by atoms with Crippen LogP contribution in [0.1, 0.15) is 25.8 Å². The Hall–Kier alpha value is -1.22. The Morgan fingerprint density at radius 2 is 2.16 bits per heavy atom. The molecular formula is C16H23NO2. The van der Waals surface area contributed by atoms with Gasteiger partial charge < -0.3 is 14.8 Å². The molecule has 3 heteroatoms. The second-order valence-electron chi connectivity index (χ2n) is 6.39. The predicted octanol–water partition coefficient (Wildman–Crippen LogP) is 3.23. The van der Waals surface area contributed by atoms with Crippen LogP contribution < -0.4 is 10.1 Å². The van der Waals surface area contributed by atoms with Crippen molar-refractivity contribution in [2.75, 3.05) is 19.0 Å². The lowest BCUT2D eigenvalue weighted by atomic mass is 9.57. The lowest BCUT2D eigenvalue weighted by Gasteiger charge is -2.55. The first-order valence-corrected chi connectivity index (χ1v) is 7.07. The molecule has 3 unspecified atom stereocenters. The van der Waals surface area contributed by atoms with Gasteiger partial charge in [0.25, 0.3) is 0 Å². The normalized spacial score (nSPS) is 31.5. The molecule has 0 bridgehead atoms. The number of methoxy groups -OCH3 is 1. The van der Waals surface area contributed by atoms with E-state index in [9.17, 15) is 0 Å². The first-order valence-electron chi connectivity index (χ1n) is 7.07. The molecule has 3 atom stereocenters. The van der Waals surface area contributed by atoms with E-state index in [4.69, 9.17) is 9.47 Å². The minimum atomic E-state index is 0.190. The monoisotopic (exact) mass is 261 g/mol. The van der Waals surface area contributed by atoms with Gasteiger partial charge in [-0.3, -0.25) is 0 Å². The van der Waals surface area contributed by atoms with Crippen LogP contribution in [0, 0.1) is 18.3 Å². The molecule has 0 spiro atoms. The summed E-state index contributed by atoms with van der Waals surface area (Å²) >= 11 is 0. The van der Waals surface area contributed by atoms with Crippen LogP contribution in [-0.2, 0) is 4.74 Å². The van der Waals surface area contributed by atoms with Crippen LogP contribution in [0.2, 0.25) is 0 Å². The van der Waals surface area contributed by atoms with E-state index >= 15 is 0 Å². The van der Waals surface area contributed by atoms with Crippen molar-refractivity contribution < 1.29 is 9.47 Å². The molecule has 104 valence electrons. The van der Waals surface area contributed by atoms with E-state index in [1.54, 1.807) is 7.11 Å². The van der Waals surface area contributed by atoms with Crippen LogP contribution in [0.5, 0.6) is 5.75 Å². The van der Waals surface area contributed by atoms with Gasteiger partial charge in [0.15, 0.2) is 0 Å². The highest BCUT2D eigenvalue weighted by Crippen LogP contribution is 2.53. The Balaban J connectivity index is 1.84. The lowest BCUT2D eigenvalue weighted by Crippen LogP contribution is -2.63. The highest BCUT2D eigenvalue weighted by molar-refractivity contribution is 5.59. The molecule has 2 fully saturated rings. The fourth-order valence-electron chi connectivity index (χ4n) is 3.72. The molecule has 1 aliphatic carbocycles. The number of aryl methyl sites for hydroxylation is 1. The van der Waals surface area contributed by atoms with Crippen molar-refractivity contribution >= 4 is 5.69 Å². The van der Waals surface area contributed by atoms with E-state index in [0.29, 0.717) is 18.1 Å². The Morgan fingerprint density at radius 1 is 1.37 bits per heavy atom. The molecule has 0 radical (unpaired) electrons. The molecular weight excluding hydrogens is 238 g/mol. The molecule has 1 saturated carbocycles. The number of hydrogen-bond acceptors (Lipinski definition) is 3. The third-order valence-electron chi connectivity index (χ3n) is 4.77. The maximum Gasteiger partial charge on any atom is 0.141 e. The van der Waals surface area contributed by atoms with Crippen LogP contribution in [0.3, 0.4) is 0 Å². The van der Waals surface area contributed by atoms with Crippen molar-refractivity contribution in [3.63, 3.8) is 0 Å². The van der Waals surface area contributed by atoms with Crippen molar-refractivity contribution in [3.05, 3.63) is 23.8 Å². The number of ether oxygens (including phenoxy) is 2. The fourth-order valence-corrected chi connectivity index (χ4v) is 3.72. The highest BCUT2D eigenvalue weighted by Gasteiger charge is 2.59. The largest absolute Gasteiger partial charge is 0.495 e. The number of anilines is 1. The summed E-state index contributed by atoms with van der Waals surface area (Å²) in [5.74, 6) is 1.56. The zero-order valence-electron chi connectivity index (χ0n) is 12.2. The molecule has 1 saturated heterocycles. The van der Waals surface area contributed by atoms with E-state index in [2.05, 4.69) is 38.2 Å². The van der Waals surface area contributed by atoms with Crippen molar-refractivity contribution in [1.82, 2.24) is 0 Å². The first kappa shape index (κ1) is 12.8. The van der Waals surface area contributed by atoms with Crippen molar-refractivity contribution in [1.29, 1.82) is 0 Å². The molecule has 2 aliphatic rings. The second-order valence-corrected chi connectivity index (χ2v) is 6.39. The Kier molecular flexibility index (Phi) is 2.97. The lowest BCUT2D eigenvalue weighted by molar-refractivity contribution is -0.0923. The highest BCUT2D eigenvalue weighted by atomic mass is 16.5. The summed E-state index contributed by atoms with van der Waals surface area (Å²) in [4.78, 5) is 0. The quantitative estimate of drug-likeness (QED) is 0.906. The minimum Gasteiger partial charge on any atom is -0.495 e. The van der Waals surface area contributed by atoms with Gasteiger partial charge in [0.1, 0.15) is 5.75 Å². The van der Waals surface area contributed by atoms with Crippen LogP contribution in [0.4, 0.5) is 5.69 Å². The Morgan fingerprint density at radius 3 is 2.89 bits per heavy atom.